The monoisotopic (exact) mass is 249 g/mol. The highest BCUT2D eigenvalue weighted by atomic mass is 15.4. The molecule has 0 fully saturated rings. The van der Waals surface area contributed by atoms with Gasteiger partial charge in [0.2, 0.25) is 0 Å². The molecule has 0 spiro atoms. The Labute approximate surface area is 112 Å². The predicted octanol–water partition coefficient (Wildman–Crippen LogP) is 3.30. The van der Waals surface area contributed by atoms with Crippen LogP contribution in [0.5, 0.6) is 0 Å². The molecule has 0 amide bonds. The van der Waals surface area contributed by atoms with E-state index in [-0.39, 0.29) is 0 Å². The van der Waals surface area contributed by atoms with E-state index in [1.165, 1.54) is 5.56 Å². The van der Waals surface area contributed by atoms with Crippen LogP contribution in [0.15, 0.2) is 60.7 Å². The molecule has 1 heterocycles. The molecule has 3 nitrogen and oxygen atoms in total. The lowest BCUT2D eigenvalue weighted by Gasteiger charge is -2.07. The van der Waals surface area contributed by atoms with Gasteiger partial charge in [0, 0.05) is 5.56 Å². The molecule has 94 valence electrons. The highest BCUT2D eigenvalue weighted by molar-refractivity contribution is 5.61. The molecule has 1 aromatic heterocycles. The van der Waals surface area contributed by atoms with Crippen molar-refractivity contribution in [1.82, 2.24) is 15.0 Å². The molecule has 0 saturated heterocycles. The van der Waals surface area contributed by atoms with Crippen LogP contribution in [-0.4, -0.2) is 15.0 Å². The van der Waals surface area contributed by atoms with Crippen molar-refractivity contribution in [3.8, 4) is 11.3 Å². The lowest BCUT2D eigenvalue weighted by Crippen LogP contribution is -2.04. The summed E-state index contributed by atoms with van der Waals surface area (Å²) in [6.45, 7) is 2.74. The number of hydrogen-bond acceptors (Lipinski definition) is 2. The first-order valence-electron chi connectivity index (χ1n) is 6.34. The molecule has 3 rings (SSSR count). The molecule has 2 aromatic carbocycles. The third-order valence-corrected chi connectivity index (χ3v) is 3.13. The van der Waals surface area contributed by atoms with Crippen molar-refractivity contribution >= 4 is 0 Å². The van der Waals surface area contributed by atoms with Crippen molar-refractivity contribution in [3.05, 3.63) is 71.9 Å². The summed E-state index contributed by atoms with van der Waals surface area (Å²) in [5.74, 6) is 0. The SMILES string of the molecule is Cc1nnn(Cc2ccccc2)c1-c1ccccc1. The van der Waals surface area contributed by atoms with Crippen molar-refractivity contribution in [1.29, 1.82) is 0 Å². The largest absolute Gasteiger partial charge is 0.240 e. The van der Waals surface area contributed by atoms with Crippen LogP contribution >= 0.6 is 0 Å². The Morgan fingerprint density at radius 2 is 1.53 bits per heavy atom. The van der Waals surface area contributed by atoms with Crippen molar-refractivity contribution in [2.75, 3.05) is 0 Å². The number of aryl methyl sites for hydroxylation is 1. The molecule has 19 heavy (non-hydrogen) atoms. The summed E-state index contributed by atoms with van der Waals surface area (Å²) in [6.07, 6.45) is 0. The molecule has 0 aliphatic rings. The van der Waals surface area contributed by atoms with Crippen LogP contribution < -0.4 is 0 Å². The molecule has 0 saturated carbocycles. The fourth-order valence-corrected chi connectivity index (χ4v) is 2.22. The van der Waals surface area contributed by atoms with E-state index >= 15 is 0 Å². The maximum Gasteiger partial charge on any atom is 0.0918 e. The van der Waals surface area contributed by atoms with Crippen LogP contribution in [0.25, 0.3) is 11.3 Å². The second kappa shape index (κ2) is 5.06. The summed E-state index contributed by atoms with van der Waals surface area (Å²) in [5.41, 5.74) is 4.43. The van der Waals surface area contributed by atoms with Crippen LogP contribution in [0, 0.1) is 6.92 Å². The van der Waals surface area contributed by atoms with E-state index in [4.69, 9.17) is 0 Å². The van der Waals surface area contributed by atoms with Crippen molar-refractivity contribution < 1.29 is 0 Å². The summed E-state index contributed by atoms with van der Waals surface area (Å²) in [4.78, 5) is 0. The van der Waals surface area contributed by atoms with Gasteiger partial charge in [0.15, 0.2) is 0 Å². The molecule has 0 atom stereocenters. The number of rotatable bonds is 3. The van der Waals surface area contributed by atoms with E-state index in [0.29, 0.717) is 0 Å². The summed E-state index contributed by atoms with van der Waals surface area (Å²) in [7, 11) is 0. The van der Waals surface area contributed by atoms with Gasteiger partial charge in [-0.25, -0.2) is 4.68 Å². The predicted molar refractivity (Wildman–Crippen MR) is 75.7 cm³/mol. The summed E-state index contributed by atoms with van der Waals surface area (Å²) in [6, 6.07) is 20.6. The van der Waals surface area contributed by atoms with Gasteiger partial charge in [-0.3, -0.25) is 0 Å². The van der Waals surface area contributed by atoms with Gasteiger partial charge < -0.3 is 0 Å². The second-order valence-electron chi connectivity index (χ2n) is 4.53. The third kappa shape index (κ3) is 2.40. The lowest BCUT2D eigenvalue weighted by molar-refractivity contribution is 0.655. The Balaban J connectivity index is 2.00. The van der Waals surface area contributed by atoms with Gasteiger partial charge in [-0.2, -0.15) is 0 Å². The van der Waals surface area contributed by atoms with Gasteiger partial charge in [-0.1, -0.05) is 65.9 Å². The van der Waals surface area contributed by atoms with E-state index in [9.17, 15) is 0 Å². The first-order valence-corrected chi connectivity index (χ1v) is 6.34. The summed E-state index contributed by atoms with van der Waals surface area (Å²) < 4.78 is 1.96. The van der Waals surface area contributed by atoms with Crippen LogP contribution in [0.3, 0.4) is 0 Å². The molecular formula is C16H15N3. The molecule has 0 aliphatic heterocycles. The van der Waals surface area contributed by atoms with E-state index in [0.717, 1.165) is 23.5 Å². The number of nitrogens with zero attached hydrogens (tertiary/aromatic N) is 3. The quantitative estimate of drug-likeness (QED) is 0.713. The molecule has 3 heteroatoms. The Morgan fingerprint density at radius 3 is 2.21 bits per heavy atom. The van der Waals surface area contributed by atoms with Crippen LogP contribution in [0.4, 0.5) is 0 Å². The van der Waals surface area contributed by atoms with Crippen LogP contribution in [0.1, 0.15) is 11.3 Å². The van der Waals surface area contributed by atoms with Crippen molar-refractivity contribution in [2.45, 2.75) is 13.5 Å². The number of aromatic nitrogens is 3. The van der Waals surface area contributed by atoms with Crippen LogP contribution in [-0.2, 0) is 6.54 Å². The van der Waals surface area contributed by atoms with E-state index in [1.54, 1.807) is 0 Å². The van der Waals surface area contributed by atoms with Crippen molar-refractivity contribution in [3.63, 3.8) is 0 Å². The normalized spacial score (nSPS) is 10.6. The molecule has 0 N–H and O–H groups in total. The van der Waals surface area contributed by atoms with Gasteiger partial charge in [0.05, 0.1) is 17.9 Å². The zero-order valence-electron chi connectivity index (χ0n) is 10.8. The van der Waals surface area contributed by atoms with E-state index in [2.05, 4.69) is 34.6 Å². The molecule has 0 unspecified atom stereocenters. The molecule has 0 radical (unpaired) electrons. The van der Waals surface area contributed by atoms with Gasteiger partial charge in [0.1, 0.15) is 0 Å². The number of benzene rings is 2. The Hall–Kier alpha value is -2.42. The summed E-state index contributed by atoms with van der Waals surface area (Å²) >= 11 is 0. The number of hydrogen-bond donors (Lipinski definition) is 0. The topological polar surface area (TPSA) is 30.7 Å². The maximum absolute atomic E-state index is 4.25. The first-order chi connectivity index (χ1) is 9.34. The standard InChI is InChI=1S/C16H15N3/c1-13-16(15-10-6-3-7-11-15)19(18-17-13)12-14-8-4-2-5-9-14/h2-11H,12H2,1H3. The van der Waals surface area contributed by atoms with Gasteiger partial charge in [-0.05, 0) is 12.5 Å². The van der Waals surface area contributed by atoms with E-state index < -0.39 is 0 Å². The molecule has 0 aliphatic carbocycles. The van der Waals surface area contributed by atoms with Gasteiger partial charge in [-0.15, -0.1) is 5.10 Å². The third-order valence-electron chi connectivity index (χ3n) is 3.13. The average Bonchev–Trinajstić information content (AvgIpc) is 2.82. The Kier molecular flexibility index (Phi) is 3.11. The fourth-order valence-electron chi connectivity index (χ4n) is 2.22. The molecular weight excluding hydrogens is 234 g/mol. The van der Waals surface area contributed by atoms with Gasteiger partial charge in [0.25, 0.3) is 0 Å². The highest BCUT2D eigenvalue weighted by Gasteiger charge is 2.11. The first kappa shape index (κ1) is 11.7. The fraction of sp³-hybridized carbons (Fsp3) is 0.125. The Bertz CT molecular complexity index is 657. The van der Waals surface area contributed by atoms with E-state index in [1.807, 2.05) is 48.0 Å². The van der Waals surface area contributed by atoms with Gasteiger partial charge >= 0.3 is 0 Å². The van der Waals surface area contributed by atoms with Crippen molar-refractivity contribution in [2.24, 2.45) is 0 Å². The maximum atomic E-state index is 4.25. The zero-order valence-corrected chi connectivity index (χ0v) is 10.8. The second-order valence-corrected chi connectivity index (χ2v) is 4.53. The smallest absolute Gasteiger partial charge is 0.0918 e. The minimum absolute atomic E-state index is 0.742. The molecule has 3 aromatic rings. The minimum atomic E-state index is 0.742. The minimum Gasteiger partial charge on any atom is -0.240 e. The average molecular weight is 249 g/mol. The zero-order chi connectivity index (χ0) is 13.1. The highest BCUT2D eigenvalue weighted by Crippen LogP contribution is 2.22. The lowest BCUT2D eigenvalue weighted by atomic mass is 10.1. The molecule has 0 bridgehead atoms. The summed E-state index contributed by atoms with van der Waals surface area (Å²) in [5, 5.41) is 8.46. The van der Waals surface area contributed by atoms with Crippen LogP contribution in [0.2, 0.25) is 0 Å². The Morgan fingerprint density at radius 1 is 0.895 bits per heavy atom.